The van der Waals surface area contributed by atoms with Crippen LogP contribution in [0.15, 0.2) is 18.2 Å². The quantitative estimate of drug-likeness (QED) is 0.851. The zero-order valence-corrected chi connectivity index (χ0v) is 9.92. The lowest BCUT2D eigenvalue weighted by Crippen LogP contribution is -2.18. The van der Waals surface area contributed by atoms with Crippen molar-refractivity contribution in [2.45, 2.75) is 12.5 Å². The molecule has 1 saturated heterocycles. The van der Waals surface area contributed by atoms with Gasteiger partial charge in [-0.25, -0.2) is 0 Å². The van der Waals surface area contributed by atoms with Crippen molar-refractivity contribution in [3.63, 3.8) is 0 Å². The minimum atomic E-state index is 0.538. The summed E-state index contributed by atoms with van der Waals surface area (Å²) in [6.45, 7) is 0. The molecule has 1 fully saturated rings. The second-order valence-electron chi connectivity index (χ2n) is 3.31. The summed E-state index contributed by atoms with van der Waals surface area (Å²) < 4.78 is 0. The minimum Gasteiger partial charge on any atom is -0.380 e. The molecule has 0 amide bonds. The summed E-state index contributed by atoms with van der Waals surface area (Å²) in [7, 11) is 0. The monoisotopic (exact) mass is 247 g/mol. The Hall–Kier alpha value is -0.0500. The van der Waals surface area contributed by atoms with E-state index in [0.29, 0.717) is 16.1 Å². The standard InChI is InChI=1S/C10H11Cl2NS/c11-8-2-1-3-9(10(8)12)13-7-4-5-14-6-7/h1-3,7,13H,4-6H2. The fourth-order valence-electron chi connectivity index (χ4n) is 1.48. The number of nitrogens with one attached hydrogen (secondary N) is 1. The highest BCUT2D eigenvalue weighted by atomic mass is 35.5. The Balaban J connectivity index is 2.11. The van der Waals surface area contributed by atoms with Crippen molar-refractivity contribution in [3.05, 3.63) is 28.2 Å². The van der Waals surface area contributed by atoms with Crippen molar-refractivity contribution in [1.29, 1.82) is 0 Å². The summed E-state index contributed by atoms with van der Waals surface area (Å²) in [6, 6.07) is 6.23. The Kier molecular flexibility index (Phi) is 3.47. The van der Waals surface area contributed by atoms with E-state index in [4.69, 9.17) is 23.2 Å². The first-order valence-corrected chi connectivity index (χ1v) is 6.47. The molecule has 1 nitrogen and oxygen atoms in total. The molecule has 4 heteroatoms. The first-order chi connectivity index (χ1) is 6.77. The molecule has 1 aromatic carbocycles. The average molecular weight is 248 g/mol. The van der Waals surface area contributed by atoms with Crippen LogP contribution in [0.3, 0.4) is 0 Å². The number of benzene rings is 1. The van der Waals surface area contributed by atoms with Gasteiger partial charge >= 0.3 is 0 Å². The van der Waals surface area contributed by atoms with Crippen molar-refractivity contribution >= 4 is 40.7 Å². The molecule has 0 spiro atoms. The fraction of sp³-hybridized carbons (Fsp3) is 0.400. The lowest BCUT2D eigenvalue weighted by molar-refractivity contribution is 0.813. The molecule has 76 valence electrons. The zero-order valence-electron chi connectivity index (χ0n) is 7.59. The fourth-order valence-corrected chi connectivity index (χ4v) is 2.99. The summed E-state index contributed by atoms with van der Waals surface area (Å²) in [5, 5.41) is 4.66. The van der Waals surface area contributed by atoms with Crippen LogP contribution >= 0.6 is 35.0 Å². The molecule has 0 saturated carbocycles. The molecule has 1 aromatic rings. The molecule has 2 rings (SSSR count). The van der Waals surface area contributed by atoms with Crippen LogP contribution in [-0.2, 0) is 0 Å². The van der Waals surface area contributed by atoms with E-state index in [1.165, 1.54) is 12.2 Å². The van der Waals surface area contributed by atoms with Crippen molar-refractivity contribution < 1.29 is 0 Å². The normalized spacial score (nSPS) is 21.1. The first-order valence-electron chi connectivity index (χ1n) is 4.55. The topological polar surface area (TPSA) is 12.0 Å². The predicted octanol–water partition coefficient (Wildman–Crippen LogP) is 3.91. The van der Waals surface area contributed by atoms with E-state index < -0.39 is 0 Å². The second-order valence-corrected chi connectivity index (χ2v) is 5.24. The van der Waals surface area contributed by atoms with Crippen molar-refractivity contribution in [1.82, 2.24) is 0 Å². The highest BCUT2D eigenvalue weighted by Gasteiger charge is 2.16. The average Bonchev–Trinajstić information content (AvgIpc) is 2.66. The van der Waals surface area contributed by atoms with Gasteiger partial charge in [-0.15, -0.1) is 0 Å². The van der Waals surface area contributed by atoms with Crippen LogP contribution in [0.2, 0.25) is 10.0 Å². The van der Waals surface area contributed by atoms with Crippen LogP contribution in [0, 0.1) is 0 Å². The van der Waals surface area contributed by atoms with Gasteiger partial charge in [-0.1, -0.05) is 29.3 Å². The van der Waals surface area contributed by atoms with E-state index in [9.17, 15) is 0 Å². The Bertz CT molecular complexity index is 324. The number of hydrogen-bond donors (Lipinski definition) is 1. The lowest BCUT2D eigenvalue weighted by atomic mass is 10.2. The van der Waals surface area contributed by atoms with Gasteiger partial charge in [0.15, 0.2) is 0 Å². The highest BCUT2D eigenvalue weighted by Crippen LogP contribution is 2.31. The van der Waals surface area contributed by atoms with Crippen LogP contribution in [0.25, 0.3) is 0 Å². The van der Waals surface area contributed by atoms with E-state index in [0.717, 1.165) is 11.4 Å². The number of rotatable bonds is 2. The van der Waals surface area contributed by atoms with Gasteiger partial charge in [0.2, 0.25) is 0 Å². The number of anilines is 1. The minimum absolute atomic E-state index is 0.538. The van der Waals surface area contributed by atoms with Gasteiger partial charge in [-0.2, -0.15) is 11.8 Å². The van der Waals surface area contributed by atoms with Crippen LogP contribution in [0.4, 0.5) is 5.69 Å². The second kappa shape index (κ2) is 4.65. The molecule has 1 N–H and O–H groups in total. The van der Waals surface area contributed by atoms with Gasteiger partial charge in [0, 0.05) is 11.8 Å². The number of thioether (sulfide) groups is 1. The molecular weight excluding hydrogens is 237 g/mol. The van der Waals surface area contributed by atoms with Crippen molar-refractivity contribution in [2.24, 2.45) is 0 Å². The smallest absolute Gasteiger partial charge is 0.0823 e. The van der Waals surface area contributed by atoms with Crippen LogP contribution in [-0.4, -0.2) is 17.5 Å². The Labute approximate surface area is 98.2 Å². The summed E-state index contributed by atoms with van der Waals surface area (Å²) in [4.78, 5) is 0. The third kappa shape index (κ3) is 2.30. The molecule has 0 aromatic heterocycles. The van der Waals surface area contributed by atoms with Crippen LogP contribution < -0.4 is 5.32 Å². The summed E-state index contributed by atoms with van der Waals surface area (Å²) in [5.41, 5.74) is 0.951. The number of halogens is 2. The maximum Gasteiger partial charge on any atom is 0.0823 e. The molecule has 0 radical (unpaired) electrons. The van der Waals surface area contributed by atoms with Gasteiger partial charge < -0.3 is 5.32 Å². The third-order valence-corrected chi connectivity index (χ3v) is 4.22. The zero-order chi connectivity index (χ0) is 9.97. The predicted molar refractivity (Wildman–Crippen MR) is 65.8 cm³/mol. The van der Waals surface area contributed by atoms with Crippen molar-refractivity contribution in [2.75, 3.05) is 16.8 Å². The Morgan fingerprint density at radius 1 is 1.36 bits per heavy atom. The molecule has 1 heterocycles. The van der Waals surface area contributed by atoms with E-state index in [1.54, 1.807) is 6.07 Å². The molecule has 14 heavy (non-hydrogen) atoms. The van der Waals surface area contributed by atoms with E-state index >= 15 is 0 Å². The maximum atomic E-state index is 6.07. The number of hydrogen-bond acceptors (Lipinski definition) is 2. The SMILES string of the molecule is Clc1cccc(NC2CCSC2)c1Cl. The Morgan fingerprint density at radius 3 is 2.93 bits per heavy atom. The molecule has 0 aliphatic carbocycles. The first kappa shape index (κ1) is 10.5. The van der Waals surface area contributed by atoms with E-state index in [1.807, 2.05) is 23.9 Å². The Morgan fingerprint density at radius 2 is 2.21 bits per heavy atom. The van der Waals surface area contributed by atoms with Gasteiger partial charge in [0.25, 0.3) is 0 Å². The summed E-state index contributed by atoms with van der Waals surface area (Å²) in [5.74, 6) is 2.39. The molecule has 1 unspecified atom stereocenters. The highest BCUT2D eigenvalue weighted by molar-refractivity contribution is 7.99. The molecule has 1 atom stereocenters. The van der Waals surface area contributed by atoms with Crippen molar-refractivity contribution in [3.8, 4) is 0 Å². The molecular formula is C10H11Cl2NS. The van der Waals surface area contributed by atoms with E-state index in [2.05, 4.69) is 5.32 Å². The van der Waals surface area contributed by atoms with Gasteiger partial charge in [-0.05, 0) is 24.3 Å². The third-order valence-electron chi connectivity index (χ3n) is 2.24. The lowest BCUT2D eigenvalue weighted by Gasteiger charge is -2.14. The molecule has 1 aliphatic heterocycles. The maximum absolute atomic E-state index is 6.07. The van der Waals surface area contributed by atoms with Gasteiger partial charge in [0.1, 0.15) is 0 Å². The van der Waals surface area contributed by atoms with E-state index in [-0.39, 0.29) is 0 Å². The summed E-state index contributed by atoms with van der Waals surface area (Å²) in [6.07, 6.45) is 1.20. The van der Waals surface area contributed by atoms with Crippen LogP contribution in [0.1, 0.15) is 6.42 Å². The van der Waals surface area contributed by atoms with Crippen LogP contribution in [0.5, 0.6) is 0 Å². The molecule has 1 aliphatic rings. The van der Waals surface area contributed by atoms with Gasteiger partial charge in [0.05, 0.1) is 15.7 Å². The summed E-state index contributed by atoms with van der Waals surface area (Å²) >= 11 is 14.0. The largest absolute Gasteiger partial charge is 0.380 e. The molecule has 0 bridgehead atoms. The van der Waals surface area contributed by atoms with Gasteiger partial charge in [-0.3, -0.25) is 0 Å².